The maximum Gasteiger partial charge on any atom is 0.216 e. The Morgan fingerprint density at radius 2 is 2.00 bits per heavy atom. The van der Waals surface area contributed by atoms with Gasteiger partial charge in [0.25, 0.3) is 0 Å². The molecule has 0 heterocycles. The van der Waals surface area contributed by atoms with E-state index < -0.39 is 16.1 Å². The molecule has 18 heavy (non-hydrogen) atoms. The zero-order valence-electron chi connectivity index (χ0n) is 9.92. The smallest absolute Gasteiger partial charge is 0.212 e. The predicted molar refractivity (Wildman–Crippen MR) is 66.6 cm³/mol. The maximum atomic E-state index is 11.8. The van der Waals surface area contributed by atoms with Gasteiger partial charge in [-0.25, -0.2) is 8.42 Å². The fourth-order valence-electron chi connectivity index (χ4n) is 1.42. The van der Waals surface area contributed by atoms with E-state index in [4.69, 9.17) is 10.5 Å². The summed E-state index contributed by atoms with van der Waals surface area (Å²) in [5.41, 5.74) is 0.758. The number of sulfonamides is 1. The molecule has 0 aliphatic rings. The van der Waals surface area contributed by atoms with Crippen molar-refractivity contribution in [3.8, 4) is 12.1 Å². The predicted octanol–water partition coefficient (Wildman–Crippen LogP) is 1.28. The number of rotatable bonds is 5. The third-order valence-corrected chi connectivity index (χ3v) is 3.70. The van der Waals surface area contributed by atoms with E-state index in [1.807, 2.05) is 12.1 Å². The van der Waals surface area contributed by atoms with Crippen molar-refractivity contribution in [2.45, 2.75) is 25.1 Å². The summed E-state index contributed by atoms with van der Waals surface area (Å²) in [5.74, 6) is -0.297. The second-order valence-corrected chi connectivity index (χ2v) is 5.49. The third-order valence-electron chi connectivity index (χ3n) is 2.37. The highest BCUT2D eigenvalue weighted by molar-refractivity contribution is 7.88. The molecule has 0 spiro atoms. The average Bonchev–Trinajstić information content (AvgIpc) is 2.36. The van der Waals surface area contributed by atoms with Gasteiger partial charge in [0.2, 0.25) is 10.0 Å². The van der Waals surface area contributed by atoms with Crippen molar-refractivity contribution in [2.24, 2.45) is 0 Å². The van der Waals surface area contributed by atoms with Crippen molar-refractivity contribution in [1.29, 1.82) is 10.5 Å². The van der Waals surface area contributed by atoms with E-state index in [-0.39, 0.29) is 5.75 Å². The van der Waals surface area contributed by atoms with Crippen LogP contribution in [-0.4, -0.2) is 14.5 Å². The van der Waals surface area contributed by atoms with Crippen LogP contribution in [0, 0.1) is 22.7 Å². The van der Waals surface area contributed by atoms with Gasteiger partial charge >= 0.3 is 0 Å². The molecule has 0 aliphatic heterocycles. The Morgan fingerprint density at radius 3 is 2.56 bits per heavy atom. The van der Waals surface area contributed by atoms with E-state index in [2.05, 4.69) is 4.72 Å². The molecule has 1 aromatic carbocycles. The van der Waals surface area contributed by atoms with Crippen LogP contribution in [0.25, 0.3) is 0 Å². The molecule has 0 radical (unpaired) electrons. The van der Waals surface area contributed by atoms with Crippen LogP contribution in [0.4, 0.5) is 0 Å². The summed E-state index contributed by atoms with van der Waals surface area (Å²) in [4.78, 5) is 0. The summed E-state index contributed by atoms with van der Waals surface area (Å²) < 4.78 is 25.9. The highest BCUT2D eigenvalue weighted by Crippen LogP contribution is 2.11. The van der Waals surface area contributed by atoms with Gasteiger partial charge in [-0.05, 0) is 18.1 Å². The fraction of sp³-hybridized carbons (Fsp3) is 0.333. The molecule has 1 atom stereocenters. The molecule has 94 valence electrons. The van der Waals surface area contributed by atoms with Gasteiger partial charge < -0.3 is 0 Å². The van der Waals surface area contributed by atoms with E-state index in [0.29, 0.717) is 17.5 Å². The quantitative estimate of drug-likeness (QED) is 0.865. The maximum absolute atomic E-state index is 11.8. The van der Waals surface area contributed by atoms with Gasteiger partial charge in [-0.2, -0.15) is 15.2 Å². The lowest BCUT2D eigenvalue weighted by Crippen LogP contribution is -2.34. The Labute approximate surface area is 107 Å². The Kier molecular flexibility index (Phi) is 4.85. The number of nitrogens with zero attached hydrogens (tertiary/aromatic N) is 2. The van der Waals surface area contributed by atoms with E-state index >= 15 is 0 Å². The second kappa shape index (κ2) is 6.15. The zero-order chi connectivity index (χ0) is 13.6. The number of benzene rings is 1. The van der Waals surface area contributed by atoms with E-state index in [9.17, 15) is 8.42 Å². The highest BCUT2D eigenvalue weighted by atomic mass is 32.2. The minimum absolute atomic E-state index is 0.297. The molecule has 6 heteroatoms. The molecule has 1 rings (SSSR count). The van der Waals surface area contributed by atoms with E-state index in [1.165, 1.54) is 0 Å². The van der Waals surface area contributed by atoms with Crippen LogP contribution in [-0.2, 0) is 15.8 Å². The van der Waals surface area contributed by atoms with Crippen LogP contribution in [0.3, 0.4) is 0 Å². The van der Waals surface area contributed by atoms with Crippen molar-refractivity contribution < 1.29 is 8.42 Å². The zero-order valence-corrected chi connectivity index (χ0v) is 10.7. The molecule has 1 unspecified atom stereocenters. The van der Waals surface area contributed by atoms with Gasteiger partial charge in [-0.15, -0.1) is 0 Å². The SMILES string of the molecule is CCC(C#N)NS(=O)(=O)Cc1ccccc1C#N. The van der Waals surface area contributed by atoms with Crippen LogP contribution in [0.2, 0.25) is 0 Å². The summed E-state index contributed by atoms with van der Waals surface area (Å²) in [5, 5.41) is 17.6. The summed E-state index contributed by atoms with van der Waals surface area (Å²) >= 11 is 0. The molecule has 0 bridgehead atoms. The molecule has 0 fully saturated rings. The van der Waals surface area contributed by atoms with Crippen LogP contribution in [0.15, 0.2) is 24.3 Å². The number of nitrogens with one attached hydrogen (secondary N) is 1. The van der Waals surface area contributed by atoms with Crippen molar-refractivity contribution >= 4 is 10.0 Å². The van der Waals surface area contributed by atoms with Crippen LogP contribution in [0.5, 0.6) is 0 Å². The summed E-state index contributed by atoms with van der Waals surface area (Å²) in [7, 11) is -3.61. The molecule has 0 aromatic heterocycles. The first-order valence-electron chi connectivity index (χ1n) is 5.40. The minimum atomic E-state index is -3.61. The van der Waals surface area contributed by atoms with Crippen molar-refractivity contribution in [3.63, 3.8) is 0 Å². The van der Waals surface area contributed by atoms with Crippen molar-refractivity contribution in [3.05, 3.63) is 35.4 Å². The second-order valence-electron chi connectivity index (χ2n) is 3.74. The number of hydrogen-bond acceptors (Lipinski definition) is 4. The number of hydrogen-bond donors (Lipinski definition) is 1. The van der Waals surface area contributed by atoms with Crippen LogP contribution in [0.1, 0.15) is 24.5 Å². The molecule has 0 amide bonds. The molecule has 0 saturated heterocycles. The van der Waals surface area contributed by atoms with Gasteiger partial charge in [0.05, 0.1) is 23.5 Å². The van der Waals surface area contributed by atoms with Crippen LogP contribution >= 0.6 is 0 Å². The summed E-state index contributed by atoms with van der Waals surface area (Å²) in [6, 6.07) is 9.57. The van der Waals surface area contributed by atoms with Gasteiger partial charge in [-0.3, -0.25) is 0 Å². The third kappa shape index (κ3) is 3.85. The topological polar surface area (TPSA) is 93.8 Å². The standard InChI is InChI=1S/C12H13N3O2S/c1-2-12(8-14)15-18(16,17)9-11-6-4-3-5-10(11)7-13/h3-6,12,15H,2,9H2,1H3. The first kappa shape index (κ1) is 14.2. The largest absolute Gasteiger partial charge is 0.216 e. The van der Waals surface area contributed by atoms with Gasteiger partial charge in [0.15, 0.2) is 0 Å². The first-order valence-corrected chi connectivity index (χ1v) is 7.05. The molecule has 0 saturated carbocycles. The van der Waals surface area contributed by atoms with Gasteiger partial charge in [0.1, 0.15) is 6.04 Å². The summed E-state index contributed by atoms with van der Waals surface area (Å²) in [6.07, 6.45) is 0.398. The number of nitriles is 2. The minimum Gasteiger partial charge on any atom is -0.212 e. The Bertz CT molecular complexity index is 596. The molecular formula is C12H13N3O2S. The van der Waals surface area contributed by atoms with E-state index in [1.54, 1.807) is 31.2 Å². The highest BCUT2D eigenvalue weighted by Gasteiger charge is 2.18. The Balaban J connectivity index is 2.91. The van der Waals surface area contributed by atoms with E-state index in [0.717, 1.165) is 0 Å². The van der Waals surface area contributed by atoms with Gasteiger partial charge in [-0.1, -0.05) is 25.1 Å². The molecular weight excluding hydrogens is 250 g/mol. The average molecular weight is 263 g/mol. The fourth-order valence-corrected chi connectivity index (χ4v) is 2.82. The first-order chi connectivity index (χ1) is 8.52. The van der Waals surface area contributed by atoms with Gasteiger partial charge in [0, 0.05) is 0 Å². The van der Waals surface area contributed by atoms with Crippen molar-refractivity contribution in [2.75, 3.05) is 0 Å². The lowest BCUT2D eigenvalue weighted by Gasteiger charge is -2.10. The molecule has 1 aromatic rings. The normalized spacial score (nSPS) is 12.4. The summed E-state index contributed by atoms with van der Waals surface area (Å²) in [6.45, 7) is 1.72. The lowest BCUT2D eigenvalue weighted by molar-refractivity contribution is 0.568. The molecule has 0 aliphatic carbocycles. The Morgan fingerprint density at radius 1 is 1.33 bits per heavy atom. The molecule has 1 N–H and O–H groups in total. The van der Waals surface area contributed by atoms with Crippen molar-refractivity contribution in [1.82, 2.24) is 4.72 Å². The monoisotopic (exact) mass is 263 g/mol. The van der Waals surface area contributed by atoms with Crippen LogP contribution < -0.4 is 4.72 Å². The Hall–Kier alpha value is -1.89. The molecule has 5 nitrogen and oxygen atoms in total. The lowest BCUT2D eigenvalue weighted by atomic mass is 10.1.